The fourth-order valence-corrected chi connectivity index (χ4v) is 0.287. The molecule has 8 heavy (non-hydrogen) atoms. The Hall–Kier alpha value is -0.820. The third-order valence-corrected chi connectivity index (χ3v) is 0.730. The van der Waals surface area contributed by atoms with Crippen LogP contribution in [0.4, 0.5) is 0 Å². The van der Waals surface area contributed by atoms with E-state index in [1.165, 1.54) is 0 Å². The van der Waals surface area contributed by atoms with Gasteiger partial charge in [-0.1, -0.05) is 31.4 Å². The first-order valence-corrected chi connectivity index (χ1v) is 2.49. The lowest BCUT2D eigenvalue weighted by Gasteiger charge is -1.82. The first-order chi connectivity index (χ1) is 3.81. The summed E-state index contributed by atoms with van der Waals surface area (Å²) in [5.74, 6) is 0. The normalized spacial score (nSPS) is 9.62. The maximum absolute atomic E-state index is 5.17. The molecule has 0 aliphatic heterocycles. The molecule has 0 heterocycles. The molecule has 0 aromatic carbocycles. The lowest BCUT2D eigenvalue weighted by molar-refractivity contribution is 1.25. The van der Waals surface area contributed by atoms with Gasteiger partial charge in [-0.05, 0) is 5.57 Å². The lowest BCUT2D eigenvalue weighted by atomic mass is 10.3. The Kier molecular flexibility index (Phi) is 3.90. The molecule has 0 fully saturated rings. The van der Waals surface area contributed by atoms with E-state index in [-0.39, 0.29) is 0 Å². The van der Waals surface area contributed by atoms with E-state index < -0.39 is 0 Å². The van der Waals surface area contributed by atoms with Crippen LogP contribution in [-0.2, 0) is 0 Å². The monoisotopic (exact) mass is 109 g/mol. The van der Waals surface area contributed by atoms with Crippen LogP contribution < -0.4 is 5.73 Å². The number of hydrogen-bond donors (Lipinski definition) is 1. The number of rotatable bonds is 3. The van der Waals surface area contributed by atoms with Gasteiger partial charge in [0.25, 0.3) is 0 Å². The highest BCUT2D eigenvalue weighted by Gasteiger charge is 1.72. The van der Waals surface area contributed by atoms with E-state index >= 15 is 0 Å². The lowest BCUT2D eigenvalue weighted by Crippen LogP contribution is -1.91. The van der Waals surface area contributed by atoms with Crippen LogP contribution in [0.15, 0.2) is 37.0 Å². The zero-order valence-corrected chi connectivity index (χ0v) is 4.93. The topological polar surface area (TPSA) is 26.0 Å². The average molecular weight is 109 g/mol. The molecule has 0 aromatic rings. The van der Waals surface area contributed by atoms with E-state index in [0.717, 1.165) is 5.57 Å². The molecule has 0 atom stereocenters. The molecule has 0 rings (SSSR count). The highest BCUT2D eigenvalue weighted by molar-refractivity contribution is 5.25. The third kappa shape index (κ3) is 3.37. The van der Waals surface area contributed by atoms with E-state index in [1.807, 2.05) is 12.2 Å². The van der Waals surface area contributed by atoms with Gasteiger partial charge in [0.05, 0.1) is 0 Å². The van der Waals surface area contributed by atoms with Crippen LogP contribution in [0, 0.1) is 0 Å². The number of hydrogen-bond acceptors (Lipinski definition) is 1. The molecule has 1 nitrogen and oxygen atoms in total. The Labute approximate surface area is 50.2 Å². The third-order valence-electron chi connectivity index (χ3n) is 0.730. The quantitative estimate of drug-likeness (QED) is 0.542. The zero-order chi connectivity index (χ0) is 6.41. The SMILES string of the molecule is C=CC(=C)/C=C\CN. The van der Waals surface area contributed by atoms with Crippen LogP contribution in [0.2, 0.25) is 0 Å². The smallest absolute Gasteiger partial charge is 0.0110 e. The Morgan fingerprint density at radius 2 is 2.25 bits per heavy atom. The fourth-order valence-electron chi connectivity index (χ4n) is 0.287. The van der Waals surface area contributed by atoms with Gasteiger partial charge in [-0.2, -0.15) is 0 Å². The van der Waals surface area contributed by atoms with Crippen LogP contribution in [0.25, 0.3) is 0 Å². The van der Waals surface area contributed by atoms with Crippen molar-refractivity contribution in [2.75, 3.05) is 6.54 Å². The first-order valence-electron chi connectivity index (χ1n) is 2.49. The fraction of sp³-hybridized carbons (Fsp3) is 0.143. The molecule has 0 aliphatic carbocycles. The Balaban J connectivity index is 3.52. The van der Waals surface area contributed by atoms with Gasteiger partial charge >= 0.3 is 0 Å². The summed E-state index contributed by atoms with van der Waals surface area (Å²) in [6.07, 6.45) is 5.36. The molecule has 0 aliphatic rings. The van der Waals surface area contributed by atoms with E-state index in [0.29, 0.717) is 6.54 Å². The maximum atomic E-state index is 5.17. The average Bonchev–Trinajstić information content (AvgIpc) is 1.83. The van der Waals surface area contributed by atoms with E-state index in [4.69, 9.17) is 5.73 Å². The summed E-state index contributed by atoms with van der Waals surface area (Å²) in [4.78, 5) is 0. The van der Waals surface area contributed by atoms with E-state index in [2.05, 4.69) is 13.2 Å². The van der Waals surface area contributed by atoms with Gasteiger partial charge in [-0.25, -0.2) is 0 Å². The minimum Gasteiger partial charge on any atom is -0.327 e. The van der Waals surface area contributed by atoms with Crippen molar-refractivity contribution >= 4 is 0 Å². The van der Waals surface area contributed by atoms with Crippen LogP contribution >= 0.6 is 0 Å². The Morgan fingerprint density at radius 3 is 2.62 bits per heavy atom. The molecule has 0 bridgehead atoms. The van der Waals surface area contributed by atoms with Gasteiger partial charge in [0.1, 0.15) is 0 Å². The highest BCUT2D eigenvalue weighted by atomic mass is 14.5. The van der Waals surface area contributed by atoms with Crippen molar-refractivity contribution in [2.45, 2.75) is 0 Å². The molecular weight excluding hydrogens is 98.1 g/mol. The van der Waals surface area contributed by atoms with Gasteiger partial charge in [0.2, 0.25) is 0 Å². The standard InChI is InChI=1S/C7H11N/c1-3-7(2)5-4-6-8/h3-5H,1-2,6,8H2/b5-4-. The molecule has 0 saturated heterocycles. The minimum atomic E-state index is 0.562. The molecule has 1 heteroatoms. The van der Waals surface area contributed by atoms with Crippen molar-refractivity contribution in [3.05, 3.63) is 37.0 Å². The second-order valence-electron chi connectivity index (χ2n) is 1.42. The van der Waals surface area contributed by atoms with Crippen molar-refractivity contribution in [3.63, 3.8) is 0 Å². The second-order valence-corrected chi connectivity index (χ2v) is 1.42. The van der Waals surface area contributed by atoms with Crippen molar-refractivity contribution in [1.82, 2.24) is 0 Å². The van der Waals surface area contributed by atoms with Crippen molar-refractivity contribution in [3.8, 4) is 0 Å². The minimum absolute atomic E-state index is 0.562. The van der Waals surface area contributed by atoms with Crippen LogP contribution in [0.1, 0.15) is 0 Å². The summed E-state index contributed by atoms with van der Waals surface area (Å²) >= 11 is 0. The van der Waals surface area contributed by atoms with Gasteiger partial charge in [-0.15, -0.1) is 0 Å². The molecule has 0 unspecified atom stereocenters. The first kappa shape index (κ1) is 7.18. The van der Waals surface area contributed by atoms with Gasteiger partial charge in [-0.3, -0.25) is 0 Å². The molecule has 44 valence electrons. The molecule has 0 radical (unpaired) electrons. The summed E-state index contributed by atoms with van der Waals surface area (Å²) in [5.41, 5.74) is 6.07. The van der Waals surface area contributed by atoms with Crippen molar-refractivity contribution < 1.29 is 0 Å². The molecular formula is C7H11N. The second kappa shape index (κ2) is 4.34. The van der Waals surface area contributed by atoms with Crippen LogP contribution in [-0.4, -0.2) is 6.54 Å². The summed E-state index contributed by atoms with van der Waals surface area (Å²) in [6, 6.07) is 0. The number of nitrogens with two attached hydrogens (primary N) is 1. The molecule has 0 aromatic heterocycles. The van der Waals surface area contributed by atoms with Crippen molar-refractivity contribution in [1.29, 1.82) is 0 Å². The predicted molar refractivity (Wildman–Crippen MR) is 37.5 cm³/mol. The molecule has 0 saturated carbocycles. The highest BCUT2D eigenvalue weighted by Crippen LogP contribution is 1.90. The summed E-state index contributed by atoms with van der Waals surface area (Å²) in [6.45, 7) is 7.73. The van der Waals surface area contributed by atoms with E-state index in [9.17, 15) is 0 Å². The Bertz CT molecular complexity index is 112. The summed E-state index contributed by atoms with van der Waals surface area (Å²) in [5, 5.41) is 0. The van der Waals surface area contributed by atoms with Gasteiger partial charge < -0.3 is 5.73 Å². The predicted octanol–water partition coefficient (Wildman–Crippen LogP) is 1.24. The maximum Gasteiger partial charge on any atom is 0.0110 e. The van der Waals surface area contributed by atoms with Crippen LogP contribution in [0.5, 0.6) is 0 Å². The van der Waals surface area contributed by atoms with Crippen LogP contribution in [0.3, 0.4) is 0 Å². The Morgan fingerprint density at radius 1 is 1.62 bits per heavy atom. The molecule has 2 N–H and O–H groups in total. The van der Waals surface area contributed by atoms with Gasteiger partial charge in [0.15, 0.2) is 0 Å². The zero-order valence-electron chi connectivity index (χ0n) is 4.93. The van der Waals surface area contributed by atoms with Crippen molar-refractivity contribution in [2.24, 2.45) is 5.73 Å². The number of allylic oxidation sites excluding steroid dienone is 3. The van der Waals surface area contributed by atoms with E-state index in [1.54, 1.807) is 6.08 Å². The molecule has 0 amide bonds. The largest absolute Gasteiger partial charge is 0.327 e. The van der Waals surface area contributed by atoms with Gasteiger partial charge in [0, 0.05) is 6.54 Å². The summed E-state index contributed by atoms with van der Waals surface area (Å²) in [7, 11) is 0. The molecule has 0 spiro atoms. The summed E-state index contributed by atoms with van der Waals surface area (Å²) < 4.78 is 0.